The summed E-state index contributed by atoms with van der Waals surface area (Å²) in [6, 6.07) is 17.9. The van der Waals surface area contributed by atoms with Crippen molar-refractivity contribution in [3.63, 3.8) is 0 Å². The molecular formula is C22H21ClN2O3. The number of methoxy groups -OCH3 is 1. The van der Waals surface area contributed by atoms with E-state index in [4.69, 9.17) is 21.1 Å². The largest absolute Gasteiger partial charge is 0.457 e. The molecule has 6 heteroatoms. The first-order valence-electron chi connectivity index (χ1n) is 8.81. The van der Waals surface area contributed by atoms with Crippen LogP contribution in [0.3, 0.4) is 0 Å². The van der Waals surface area contributed by atoms with Crippen molar-refractivity contribution >= 4 is 23.2 Å². The van der Waals surface area contributed by atoms with Gasteiger partial charge >= 0.3 is 0 Å². The van der Waals surface area contributed by atoms with E-state index in [0.717, 1.165) is 5.69 Å². The highest BCUT2D eigenvalue weighted by Gasteiger charge is 2.14. The average Bonchev–Trinajstić information content (AvgIpc) is 2.67. The molecule has 0 aliphatic rings. The third kappa shape index (κ3) is 4.88. The SMILES string of the molecule is COC(C)c1ccc(C(=O)Nc2cccc(Oc3cccc(Cl)c3)c2)c(C)n1. The normalized spacial score (nSPS) is 11.7. The molecule has 1 atom stereocenters. The molecule has 0 aliphatic heterocycles. The quantitative estimate of drug-likeness (QED) is 0.572. The molecule has 3 rings (SSSR count). The highest BCUT2D eigenvalue weighted by molar-refractivity contribution is 6.30. The van der Waals surface area contributed by atoms with Crippen LogP contribution in [-0.4, -0.2) is 18.0 Å². The van der Waals surface area contributed by atoms with E-state index < -0.39 is 0 Å². The molecule has 1 N–H and O–H groups in total. The summed E-state index contributed by atoms with van der Waals surface area (Å²) in [5.74, 6) is 0.986. The molecular weight excluding hydrogens is 376 g/mol. The van der Waals surface area contributed by atoms with Gasteiger partial charge in [-0.15, -0.1) is 0 Å². The summed E-state index contributed by atoms with van der Waals surface area (Å²) in [4.78, 5) is 17.1. The minimum absolute atomic E-state index is 0.129. The number of aromatic nitrogens is 1. The standard InChI is InChI=1S/C22H21ClN2O3/c1-14-20(10-11-21(24-14)15(2)27-3)22(26)25-17-7-5-9-19(13-17)28-18-8-4-6-16(23)12-18/h4-13,15H,1-3H3,(H,25,26). The van der Waals surface area contributed by atoms with E-state index in [-0.39, 0.29) is 12.0 Å². The Balaban J connectivity index is 1.74. The van der Waals surface area contributed by atoms with Gasteiger partial charge in [0.2, 0.25) is 0 Å². The van der Waals surface area contributed by atoms with Gasteiger partial charge in [0, 0.05) is 23.9 Å². The van der Waals surface area contributed by atoms with Crippen molar-refractivity contribution in [2.75, 3.05) is 12.4 Å². The zero-order chi connectivity index (χ0) is 20.1. The Labute approximate surface area is 169 Å². The van der Waals surface area contributed by atoms with Crippen molar-refractivity contribution < 1.29 is 14.3 Å². The van der Waals surface area contributed by atoms with Crippen molar-refractivity contribution in [3.8, 4) is 11.5 Å². The highest BCUT2D eigenvalue weighted by Crippen LogP contribution is 2.26. The zero-order valence-electron chi connectivity index (χ0n) is 15.9. The summed E-state index contributed by atoms with van der Waals surface area (Å²) in [5, 5.41) is 3.48. The van der Waals surface area contributed by atoms with E-state index in [0.29, 0.717) is 33.5 Å². The number of nitrogens with one attached hydrogen (secondary N) is 1. The number of pyridine rings is 1. The maximum Gasteiger partial charge on any atom is 0.257 e. The maximum absolute atomic E-state index is 12.7. The van der Waals surface area contributed by atoms with Crippen LogP contribution in [0.1, 0.15) is 34.8 Å². The number of ether oxygens (including phenoxy) is 2. The van der Waals surface area contributed by atoms with Gasteiger partial charge in [-0.25, -0.2) is 0 Å². The molecule has 0 saturated heterocycles. The lowest BCUT2D eigenvalue weighted by Crippen LogP contribution is -2.15. The van der Waals surface area contributed by atoms with Crippen molar-refractivity contribution in [1.29, 1.82) is 0 Å². The molecule has 1 aromatic heterocycles. The predicted molar refractivity (Wildman–Crippen MR) is 110 cm³/mol. The number of amides is 1. The number of carbonyl (C=O) groups excluding carboxylic acids is 1. The fourth-order valence-electron chi connectivity index (χ4n) is 2.67. The predicted octanol–water partition coefficient (Wildman–Crippen LogP) is 5.80. The third-order valence-electron chi connectivity index (χ3n) is 4.25. The van der Waals surface area contributed by atoms with E-state index in [1.807, 2.05) is 31.2 Å². The Morgan fingerprint density at radius 2 is 1.79 bits per heavy atom. The lowest BCUT2D eigenvalue weighted by molar-refractivity contribution is 0.102. The van der Waals surface area contributed by atoms with Gasteiger partial charge in [0.1, 0.15) is 11.5 Å². The van der Waals surface area contributed by atoms with Crippen molar-refractivity contribution in [2.24, 2.45) is 0 Å². The Bertz CT molecular complexity index is 991. The molecule has 5 nitrogen and oxygen atoms in total. The van der Waals surface area contributed by atoms with Gasteiger partial charge in [0.25, 0.3) is 5.91 Å². The zero-order valence-corrected chi connectivity index (χ0v) is 16.7. The highest BCUT2D eigenvalue weighted by atomic mass is 35.5. The second-order valence-electron chi connectivity index (χ2n) is 6.29. The van der Waals surface area contributed by atoms with Gasteiger partial charge in [-0.1, -0.05) is 23.7 Å². The van der Waals surface area contributed by atoms with Gasteiger partial charge in [-0.2, -0.15) is 0 Å². The Morgan fingerprint density at radius 3 is 2.46 bits per heavy atom. The molecule has 0 bridgehead atoms. The van der Waals surface area contributed by atoms with Crippen LogP contribution in [-0.2, 0) is 4.74 Å². The first-order chi connectivity index (χ1) is 13.5. The fraction of sp³-hybridized carbons (Fsp3) is 0.182. The van der Waals surface area contributed by atoms with Crippen LogP contribution in [0.2, 0.25) is 5.02 Å². The van der Waals surface area contributed by atoms with Crippen molar-refractivity contribution in [3.05, 3.63) is 82.6 Å². The van der Waals surface area contributed by atoms with E-state index in [1.165, 1.54) is 0 Å². The summed E-state index contributed by atoms with van der Waals surface area (Å²) in [5.41, 5.74) is 2.56. The molecule has 0 fully saturated rings. The number of anilines is 1. The van der Waals surface area contributed by atoms with Gasteiger partial charge < -0.3 is 14.8 Å². The van der Waals surface area contributed by atoms with Gasteiger partial charge in [0.15, 0.2) is 0 Å². The summed E-state index contributed by atoms with van der Waals surface area (Å²) >= 11 is 5.98. The number of carbonyl (C=O) groups is 1. The van der Waals surface area contributed by atoms with Crippen LogP contribution in [0, 0.1) is 6.92 Å². The third-order valence-corrected chi connectivity index (χ3v) is 4.48. The smallest absolute Gasteiger partial charge is 0.257 e. The summed E-state index contributed by atoms with van der Waals surface area (Å²) in [7, 11) is 1.63. The average molecular weight is 397 g/mol. The van der Waals surface area contributed by atoms with E-state index in [1.54, 1.807) is 50.4 Å². The summed E-state index contributed by atoms with van der Waals surface area (Å²) in [6.45, 7) is 3.71. The molecule has 0 spiro atoms. The molecule has 3 aromatic rings. The fourth-order valence-corrected chi connectivity index (χ4v) is 2.85. The number of hydrogen-bond donors (Lipinski definition) is 1. The topological polar surface area (TPSA) is 60.5 Å². The molecule has 144 valence electrons. The number of rotatable bonds is 6. The van der Waals surface area contributed by atoms with Gasteiger partial charge in [0.05, 0.1) is 23.1 Å². The molecule has 0 aliphatic carbocycles. The van der Waals surface area contributed by atoms with Crippen molar-refractivity contribution in [2.45, 2.75) is 20.0 Å². The second-order valence-corrected chi connectivity index (χ2v) is 6.72. The van der Waals surface area contributed by atoms with Crippen LogP contribution >= 0.6 is 11.6 Å². The number of halogens is 1. The number of benzene rings is 2. The molecule has 0 radical (unpaired) electrons. The minimum Gasteiger partial charge on any atom is -0.457 e. The van der Waals surface area contributed by atoms with Crippen LogP contribution in [0.5, 0.6) is 11.5 Å². The summed E-state index contributed by atoms with van der Waals surface area (Å²) in [6.07, 6.45) is -0.129. The van der Waals surface area contributed by atoms with Crippen LogP contribution in [0.4, 0.5) is 5.69 Å². The molecule has 0 saturated carbocycles. The lowest BCUT2D eigenvalue weighted by Gasteiger charge is -2.13. The first-order valence-corrected chi connectivity index (χ1v) is 9.19. The Morgan fingerprint density at radius 1 is 1.07 bits per heavy atom. The van der Waals surface area contributed by atoms with Crippen LogP contribution in [0.25, 0.3) is 0 Å². The molecule has 28 heavy (non-hydrogen) atoms. The Hall–Kier alpha value is -2.89. The maximum atomic E-state index is 12.7. The van der Waals surface area contributed by atoms with Gasteiger partial charge in [-0.3, -0.25) is 9.78 Å². The van der Waals surface area contributed by atoms with Crippen LogP contribution in [0.15, 0.2) is 60.7 Å². The number of hydrogen-bond acceptors (Lipinski definition) is 4. The molecule has 1 unspecified atom stereocenters. The molecule has 1 heterocycles. The number of nitrogens with zero attached hydrogens (tertiary/aromatic N) is 1. The second kappa shape index (κ2) is 8.87. The molecule has 1 amide bonds. The lowest BCUT2D eigenvalue weighted by atomic mass is 10.1. The van der Waals surface area contributed by atoms with E-state index in [9.17, 15) is 4.79 Å². The van der Waals surface area contributed by atoms with E-state index in [2.05, 4.69) is 10.3 Å². The minimum atomic E-state index is -0.235. The molecule has 2 aromatic carbocycles. The number of aryl methyl sites for hydroxylation is 1. The van der Waals surface area contributed by atoms with Gasteiger partial charge in [-0.05, 0) is 56.3 Å². The first kappa shape index (κ1) is 19.9. The van der Waals surface area contributed by atoms with Crippen molar-refractivity contribution in [1.82, 2.24) is 4.98 Å². The Kier molecular flexibility index (Phi) is 6.29. The van der Waals surface area contributed by atoms with Crippen LogP contribution < -0.4 is 10.1 Å². The monoisotopic (exact) mass is 396 g/mol. The summed E-state index contributed by atoms with van der Waals surface area (Å²) < 4.78 is 11.1. The van der Waals surface area contributed by atoms with E-state index >= 15 is 0 Å².